The molecule has 2 atom stereocenters. The van der Waals surface area contributed by atoms with Crippen LogP contribution in [0, 0.1) is 5.82 Å². The molecule has 152 valence electrons. The summed E-state index contributed by atoms with van der Waals surface area (Å²) >= 11 is 1.55. The predicted molar refractivity (Wildman–Crippen MR) is 116 cm³/mol. The molecular weight excluding hydrogens is 399 g/mol. The maximum absolute atomic E-state index is 13.4. The molecule has 4 rings (SSSR count). The van der Waals surface area contributed by atoms with Gasteiger partial charge in [-0.25, -0.2) is 4.39 Å². The largest absolute Gasteiger partial charge is 0.467 e. The second kappa shape index (κ2) is 9.52. The monoisotopic (exact) mass is 420 g/mol. The molecule has 2 aromatic heterocycles. The number of amides is 1. The van der Waals surface area contributed by atoms with E-state index in [1.165, 1.54) is 12.1 Å². The minimum atomic E-state index is -0.335. The van der Waals surface area contributed by atoms with Gasteiger partial charge in [-0.3, -0.25) is 10.1 Å². The van der Waals surface area contributed by atoms with Gasteiger partial charge in [0.1, 0.15) is 11.6 Å². The zero-order valence-electron chi connectivity index (χ0n) is 16.1. The molecule has 0 aliphatic rings. The highest BCUT2D eigenvalue weighted by molar-refractivity contribution is 7.10. The molecule has 0 aliphatic carbocycles. The highest BCUT2D eigenvalue weighted by Gasteiger charge is 2.21. The Bertz CT molecular complexity index is 1050. The third-order valence-corrected chi connectivity index (χ3v) is 5.70. The van der Waals surface area contributed by atoms with Crippen molar-refractivity contribution in [2.45, 2.75) is 12.1 Å². The van der Waals surface area contributed by atoms with Crippen LogP contribution >= 0.6 is 11.3 Å². The fraction of sp³-hybridized carbons (Fsp3) is 0.125. The number of hydrogen-bond donors (Lipinski definition) is 2. The molecule has 1 amide bonds. The van der Waals surface area contributed by atoms with Crippen LogP contribution in [-0.2, 0) is 4.79 Å². The average molecular weight is 421 g/mol. The van der Waals surface area contributed by atoms with E-state index in [0.29, 0.717) is 0 Å². The summed E-state index contributed by atoms with van der Waals surface area (Å²) in [5.74, 6) is 0.272. The van der Waals surface area contributed by atoms with Crippen LogP contribution in [0.3, 0.4) is 0 Å². The number of rotatable bonds is 8. The lowest BCUT2D eigenvalue weighted by molar-refractivity contribution is -0.120. The van der Waals surface area contributed by atoms with Crippen LogP contribution in [0.2, 0.25) is 0 Å². The van der Waals surface area contributed by atoms with Crippen LogP contribution < -0.4 is 10.6 Å². The Morgan fingerprint density at radius 3 is 2.33 bits per heavy atom. The van der Waals surface area contributed by atoms with E-state index in [-0.39, 0.29) is 30.4 Å². The number of carbonyl (C=O) groups is 1. The van der Waals surface area contributed by atoms with Crippen LogP contribution in [0.15, 0.2) is 94.9 Å². The molecule has 2 N–H and O–H groups in total. The van der Waals surface area contributed by atoms with Gasteiger partial charge in [0.15, 0.2) is 0 Å². The standard InChI is InChI=1S/C24H21FN2O2S/c25-19-12-10-18(11-13-19)24(21-9-5-15-30-21)27-22(28)16-26-23(20-8-4-14-29-20)17-6-2-1-3-7-17/h1-15,23-24,26H,16H2,(H,27,28)/t23-,24+/m0/s1. The van der Waals surface area contributed by atoms with Gasteiger partial charge in [-0.1, -0.05) is 48.5 Å². The SMILES string of the molecule is O=C(CN[C@@H](c1ccccc1)c1ccco1)N[C@H](c1ccc(F)cc1)c1cccs1. The molecule has 0 aliphatic heterocycles. The van der Waals surface area contributed by atoms with Gasteiger partial charge >= 0.3 is 0 Å². The Kier molecular flexibility index (Phi) is 6.37. The molecular formula is C24H21FN2O2S. The predicted octanol–water partition coefficient (Wildman–Crippen LogP) is 5.07. The lowest BCUT2D eigenvalue weighted by Gasteiger charge is -2.20. The minimum absolute atomic E-state index is 0.101. The third-order valence-electron chi connectivity index (χ3n) is 4.76. The van der Waals surface area contributed by atoms with Gasteiger partial charge in [-0.15, -0.1) is 11.3 Å². The number of carbonyl (C=O) groups excluding carboxylic acids is 1. The Morgan fingerprint density at radius 2 is 1.67 bits per heavy atom. The smallest absolute Gasteiger partial charge is 0.234 e. The van der Waals surface area contributed by atoms with E-state index in [1.807, 2.05) is 60.0 Å². The van der Waals surface area contributed by atoms with E-state index < -0.39 is 0 Å². The molecule has 2 heterocycles. The molecule has 30 heavy (non-hydrogen) atoms. The van der Waals surface area contributed by atoms with E-state index in [1.54, 1.807) is 29.7 Å². The maximum Gasteiger partial charge on any atom is 0.234 e. The number of hydrogen-bond acceptors (Lipinski definition) is 4. The molecule has 0 fully saturated rings. The molecule has 0 radical (unpaired) electrons. The van der Waals surface area contributed by atoms with Gasteiger partial charge in [-0.05, 0) is 46.8 Å². The zero-order valence-corrected chi connectivity index (χ0v) is 16.9. The van der Waals surface area contributed by atoms with Crippen molar-refractivity contribution in [3.63, 3.8) is 0 Å². The number of thiophene rings is 1. The van der Waals surface area contributed by atoms with Crippen molar-refractivity contribution >= 4 is 17.2 Å². The fourth-order valence-electron chi connectivity index (χ4n) is 3.32. The average Bonchev–Trinajstić information content (AvgIpc) is 3.48. The van der Waals surface area contributed by atoms with Crippen molar-refractivity contribution in [3.8, 4) is 0 Å². The number of benzene rings is 2. The van der Waals surface area contributed by atoms with Crippen molar-refractivity contribution < 1.29 is 13.6 Å². The molecule has 0 unspecified atom stereocenters. The highest BCUT2D eigenvalue weighted by Crippen LogP contribution is 2.26. The summed E-state index contributed by atoms with van der Waals surface area (Å²) in [6.07, 6.45) is 1.62. The molecule has 0 bridgehead atoms. The Labute approximate surface area is 178 Å². The normalized spacial score (nSPS) is 13.0. The van der Waals surface area contributed by atoms with Crippen LogP contribution in [0.25, 0.3) is 0 Å². The van der Waals surface area contributed by atoms with E-state index in [4.69, 9.17) is 4.42 Å². The van der Waals surface area contributed by atoms with Crippen molar-refractivity contribution in [1.29, 1.82) is 0 Å². The second-order valence-electron chi connectivity index (χ2n) is 6.81. The summed E-state index contributed by atoms with van der Waals surface area (Å²) in [6, 6.07) is 23.1. The molecule has 0 spiro atoms. The summed E-state index contributed by atoms with van der Waals surface area (Å²) in [6.45, 7) is 0.101. The first-order valence-corrected chi connectivity index (χ1v) is 10.5. The lowest BCUT2D eigenvalue weighted by atomic mass is 10.0. The van der Waals surface area contributed by atoms with Crippen molar-refractivity contribution in [3.05, 3.63) is 118 Å². The number of furan rings is 1. The summed E-state index contributed by atoms with van der Waals surface area (Å²) in [5.41, 5.74) is 1.84. The van der Waals surface area contributed by atoms with Gasteiger partial charge < -0.3 is 9.73 Å². The van der Waals surface area contributed by atoms with Crippen molar-refractivity contribution in [1.82, 2.24) is 10.6 Å². The van der Waals surface area contributed by atoms with E-state index in [2.05, 4.69) is 10.6 Å². The first kappa shape index (κ1) is 20.1. The number of halogens is 1. The van der Waals surface area contributed by atoms with E-state index in [0.717, 1.165) is 21.8 Å². The summed E-state index contributed by atoms with van der Waals surface area (Å²) < 4.78 is 18.9. The van der Waals surface area contributed by atoms with Gasteiger partial charge in [-0.2, -0.15) is 0 Å². The molecule has 4 aromatic rings. The Balaban J connectivity index is 1.48. The summed E-state index contributed by atoms with van der Waals surface area (Å²) in [7, 11) is 0. The minimum Gasteiger partial charge on any atom is -0.467 e. The first-order chi connectivity index (χ1) is 14.7. The molecule has 2 aromatic carbocycles. The van der Waals surface area contributed by atoms with Crippen LogP contribution in [0.5, 0.6) is 0 Å². The molecule has 4 nitrogen and oxygen atoms in total. The van der Waals surface area contributed by atoms with Gasteiger partial charge in [0.05, 0.1) is 24.9 Å². The van der Waals surface area contributed by atoms with Crippen molar-refractivity contribution in [2.24, 2.45) is 0 Å². The fourth-order valence-corrected chi connectivity index (χ4v) is 4.12. The zero-order chi connectivity index (χ0) is 20.8. The second-order valence-corrected chi connectivity index (χ2v) is 7.79. The third kappa shape index (κ3) is 4.84. The van der Waals surface area contributed by atoms with Gasteiger partial charge in [0.25, 0.3) is 0 Å². The van der Waals surface area contributed by atoms with Gasteiger partial charge in [0.2, 0.25) is 5.91 Å². The van der Waals surface area contributed by atoms with Gasteiger partial charge in [0, 0.05) is 4.88 Å². The maximum atomic E-state index is 13.4. The number of nitrogens with one attached hydrogen (secondary N) is 2. The van der Waals surface area contributed by atoms with E-state index >= 15 is 0 Å². The quantitative estimate of drug-likeness (QED) is 0.419. The summed E-state index contributed by atoms with van der Waals surface area (Å²) in [5, 5.41) is 8.31. The first-order valence-electron chi connectivity index (χ1n) is 9.60. The topological polar surface area (TPSA) is 54.3 Å². The van der Waals surface area contributed by atoms with Crippen LogP contribution in [0.4, 0.5) is 4.39 Å². The Hall–Kier alpha value is -3.22. The molecule has 0 saturated heterocycles. The lowest BCUT2D eigenvalue weighted by Crippen LogP contribution is -2.38. The van der Waals surface area contributed by atoms with Crippen LogP contribution in [0.1, 0.15) is 33.8 Å². The van der Waals surface area contributed by atoms with Crippen molar-refractivity contribution in [2.75, 3.05) is 6.54 Å². The highest BCUT2D eigenvalue weighted by atomic mass is 32.1. The molecule has 6 heteroatoms. The Morgan fingerprint density at radius 1 is 0.900 bits per heavy atom. The van der Waals surface area contributed by atoms with Crippen LogP contribution in [-0.4, -0.2) is 12.5 Å². The molecule has 0 saturated carbocycles. The summed E-state index contributed by atoms with van der Waals surface area (Å²) in [4.78, 5) is 13.8. The van der Waals surface area contributed by atoms with E-state index in [9.17, 15) is 9.18 Å².